The molecule has 7 rings (SSSR count). The lowest BCUT2D eigenvalue weighted by Crippen LogP contribution is -2.24. The first-order valence-electron chi connectivity index (χ1n) is 16.1. The van der Waals surface area contributed by atoms with E-state index in [-0.39, 0.29) is 16.9 Å². The van der Waals surface area contributed by atoms with Crippen molar-refractivity contribution in [2.24, 2.45) is 0 Å². The lowest BCUT2D eigenvalue weighted by Gasteiger charge is -2.13. The van der Waals surface area contributed by atoms with Crippen molar-refractivity contribution in [3.63, 3.8) is 0 Å². The number of benzene rings is 5. The van der Waals surface area contributed by atoms with E-state index in [0.29, 0.717) is 35.8 Å². The van der Waals surface area contributed by atoms with Crippen LogP contribution in [0.5, 0.6) is 0 Å². The van der Waals surface area contributed by atoms with Crippen molar-refractivity contribution in [3.05, 3.63) is 166 Å². The molecule has 5 aromatic carbocycles. The van der Waals surface area contributed by atoms with Crippen LogP contribution in [0.1, 0.15) is 13.8 Å². The quantitative estimate of drug-likeness (QED) is 0.171. The van der Waals surface area contributed by atoms with Gasteiger partial charge in [0.25, 0.3) is 11.1 Å². The van der Waals surface area contributed by atoms with Gasteiger partial charge < -0.3 is 10.6 Å². The summed E-state index contributed by atoms with van der Waals surface area (Å²) in [4.78, 5) is 25.2. The van der Waals surface area contributed by atoms with Crippen LogP contribution in [0.25, 0.3) is 33.3 Å². The van der Waals surface area contributed by atoms with Crippen LogP contribution in [0.4, 0.5) is 27.1 Å². The minimum Gasteiger partial charge on any atom is -0.351 e. The summed E-state index contributed by atoms with van der Waals surface area (Å²) in [7, 11) is 0. The van der Waals surface area contributed by atoms with Gasteiger partial charge in [-0.3, -0.25) is 9.59 Å². The maximum absolute atomic E-state index is 13.3. The number of aromatic nitrogens is 4. The largest absolute Gasteiger partial charge is 0.351 e. The van der Waals surface area contributed by atoms with E-state index in [1.165, 1.54) is 21.5 Å². The number of hydrogen-bond donors (Lipinski definition) is 2. The summed E-state index contributed by atoms with van der Waals surface area (Å²) in [6.45, 7) is 4.75. The van der Waals surface area contributed by atoms with Crippen molar-refractivity contribution in [3.8, 4) is 22.5 Å². The second-order valence-corrected chi connectivity index (χ2v) is 11.1. The maximum Gasteiger partial charge on any atom is 0.290 e. The Morgan fingerprint density at radius 3 is 1.63 bits per heavy atom. The van der Waals surface area contributed by atoms with Crippen molar-refractivity contribution >= 4 is 33.5 Å². The first kappa shape index (κ1) is 32.6. The van der Waals surface area contributed by atoms with Gasteiger partial charge in [0, 0.05) is 41.0 Å². The molecule has 7 aromatic rings. The van der Waals surface area contributed by atoms with Gasteiger partial charge in [0.15, 0.2) is 0 Å². The number of rotatable bonds is 8. The van der Waals surface area contributed by atoms with Crippen LogP contribution >= 0.6 is 0 Å². The average Bonchev–Trinajstić information content (AvgIpc) is 3.14. The molecule has 0 unspecified atom stereocenters. The molecule has 0 aliphatic carbocycles. The fourth-order valence-electron chi connectivity index (χ4n) is 5.39. The van der Waals surface area contributed by atoms with Gasteiger partial charge in [0.1, 0.15) is 17.2 Å². The monoisotopic (exact) mass is 650 g/mol. The van der Waals surface area contributed by atoms with Crippen molar-refractivity contribution < 1.29 is 4.39 Å². The van der Waals surface area contributed by atoms with Gasteiger partial charge in [-0.15, -0.1) is 0 Å². The van der Waals surface area contributed by atoms with Crippen LogP contribution in [-0.4, -0.2) is 19.6 Å². The van der Waals surface area contributed by atoms with E-state index < -0.39 is 0 Å². The van der Waals surface area contributed by atoms with Crippen LogP contribution in [0.15, 0.2) is 149 Å². The Labute approximate surface area is 283 Å². The first-order chi connectivity index (χ1) is 23.9. The number of fused-ring (bicyclic) bond motifs is 1. The standard InChI is InChI=1S/C22H19N3O.C18H16FN3O/c1-2-25-22(26)21(15-20(24-25)17-10-4-3-5-11-17)23-19-14-8-12-16-9-6-7-13-18(16)19;1-2-22-18(23)17(20-15-10-6-9-14(19)11-15)12-16(21-22)13-7-4-3-5-8-13/h3-15,23H,2H2,1H3;3-12,20H,2H2,1H3. The molecule has 0 radical (unpaired) electrons. The molecule has 0 saturated carbocycles. The molecule has 9 heteroatoms. The summed E-state index contributed by atoms with van der Waals surface area (Å²) in [5.74, 6) is -0.358. The Hall–Kier alpha value is -6.35. The highest BCUT2D eigenvalue weighted by molar-refractivity contribution is 5.95. The second kappa shape index (κ2) is 15.0. The molecule has 0 atom stereocenters. The van der Waals surface area contributed by atoms with Gasteiger partial charge in [-0.25, -0.2) is 13.8 Å². The van der Waals surface area contributed by atoms with Gasteiger partial charge in [0.05, 0.1) is 11.4 Å². The first-order valence-corrected chi connectivity index (χ1v) is 16.1. The molecule has 244 valence electrons. The number of hydrogen-bond acceptors (Lipinski definition) is 6. The van der Waals surface area contributed by atoms with Gasteiger partial charge >= 0.3 is 0 Å². The smallest absolute Gasteiger partial charge is 0.290 e. The number of aryl methyl sites for hydroxylation is 2. The highest BCUT2D eigenvalue weighted by atomic mass is 19.1. The third-order valence-corrected chi connectivity index (χ3v) is 7.85. The third kappa shape index (κ3) is 7.63. The molecular weight excluding hydrogens is 615 g/mol. The van der Waals surface area contributed by atoms with Gasteiger partial charge in [-0.2, -0.15) is 10.2 Å². The Kier molecular flexibility index (Phi) is 10.0. The predicted molar refractivity (Wildman–Crippen MR) is 196 cm³/mol. The normalized spacial score (nSPS) is 10.7. The Morgan fingerprint density at radius 1 is 0.551 bits per heavy atom. The highest BCUT2D eigenvalue weighted by Crippen LogP contribution is 2.27. The maximum atomic E-state index is 13.3. The fraction of sp³-hybridized carbons (Fsp3) is 0.100. The molecular formula is C40H35FN6O2. The van der Waals surface area contributed by atoms with E-state index in [1.807, 2.05) is 105 Å². The van der Waals surface area contributed by atoms with Crippen molar-refractivity contribution in [1.82, 2.24) is 19.6 Å². The predicted octanol–water partition coefficient (Wildman–Crippen LogP) is 8.64. The topological polar surface area (TPSA) is 93.8 Å². The lowest BCUT2D eigenvalue weighted by atomic mass is 10.1. The fourth-order valence-corrected chi connectivity index (χ4v) is 5.39. The molecule has 2 aromatic heterocycles. The van der Waals surface area contributed by atoms with E-state index in [0.717, 1.165) is 33.3 Å². The van der Waals surface area contributed by atoms with Crippen LogP contribution in [0, 0.1) is 5.82 Å². The SMILES string of the molecule is CCn1nc(-c2ccccc2)cc(Nc2cccc(F)c2)c1=O.CCn1nc(-c2ccccc2)cc(Nc2cccc3ccccc23)c1=O. The zero-order valence-corrected chi connectivity index (χ0v) is 27.2. The molecule has 0 spiro atoms. The van der Waals surface area contributed by atoms with Crippen LogP contribution in [-0.2, 0) is 13.1 Å². The van der Waals surface area contributed by atoms with Crippen LogP contribution < -0.4 is 21.8 Å². The molecule has 2 N–H and O–H groups in total. The van der Waals surface area contributed by atoms with Crippen LogP contribution in [0.3, 0.4) is 0 Å². The second-order valence-electron chi connectivity index (χ2n) is 11.1. The molecule has 8 nitrogen and oxygen atoms in total. The number of anilines is 4. The molecule has 0 fully saturated rings. The van der Waals surface area contributed by atoms with E-state index in [2.05, 4.69) is 39.0 Å². The number of nitrogens with zero attached hydrogens (tertiary/aromatic N) is 4. The minimum absolute atomic E-state index is 0.125. The van der Waals surface area contributed by atoms with E-state index in [4.69, 9.17) is 0 Å². The summed E-state index contributed by atoms with van der Waals surface area (Å²) in [5, 5.41) is 17.4. The Balaban J connectivity index is 0.000000171. The van der Waals surface area contributed by atoms with Gasteiger partial charge in [-0.05, 0) is 55.6 Å². The summed E-state index contributed by atoms with van der Waals surface area (Å²) in [5.41, 5.74) is 5.32. The van der Waals surface area contributed by atoms with Crippen molar-refractivity contribution in [1.29, 1.82) is 0 Å². The summed E-state index contributed by atoms with van der Waals surface area (Å²) >= 11 is 0. The highest BCUT2D eigenvalue weighted by Gasteiger charge is 2.12. The molecule has 2 heterocycles. The zero-order valence-electron chi connectivity index (χ0n) is 27.2. The summed E-state index contributed by atoms with van der Waals surface area (Å²) < 4.78 is 16.2. The Morgan fingerprint density at radius 2 is 1.06 bits per heavy atom. The molecule has 0 bridgehead atoms. The lowest BCUT2D eigenvalue weighted by molar-refractivity contribution is 0.620. The van der Waals surface area contributed by atoms with E-state index >= 15 is 0 Å². The Bertz CT molecular complexity index is 2320. The van der Waals surface area contributed by atoms with Crippen molar-refractivity contribution in [2.45, 2.75) is 26.9 Å². The summed E-state index contributed by atoms with van der Waals surface area (Å²) in [6, 6.07) is 43.2. The third-order valence-electron chi connectivity index (χ3n) is 7.85. The van der Waals surface area contributed by atoms with Gasteiger partial charge in [-0.1, -0.05) is 103 Å². The average molecular weight is 651 g/mol. The summed E-state index contributed by atoms with van der Waals surface area (Å²) in [6.07, 6.45) is 0. The van der Waals surface area contributed by atoms with Crippen molar-refractivity contribution in [2.75, 3.05) is 10.6 Å². The van der Waals surface area contributed by atoms with E-state index in [9.17, 15) is 14.0 Å². The molecule has 0 saturated heterocycles. The minimum atomic E-state index is -0.358. The van der Waals surface area contributed by atoms with Crippen LogP contribution in [0.2, 0.25) is 0 Å². The number of halogens is 1. The zero-order chi connectivity index (χ0) is 34.2. The molecule has 0 aliphatic heterocycles. The number of nitrogens with one attached hydrogen (secondary N) is 2. The van der Waals surface area contributed by atoms with Gasteiger partial charge in [0.2, 0.25) is 0 Å². The molecule has 49 heavy (non-hydrogen) atoms. The van der Waals surface area contributed by atoms with E-state index in [1.54, 1.807) is 18.2 Å². The molecule has 0 amide bonds. The molecule has 0 aliphatic rings.